The third-order valence-corrected chi connectivity index (χ3v) is 8.71. The van der Waals surface area contributed by atoms with Crippen LogP contribution in [0.3, 0.4) is 0 Å². The second-order valence-corrected chi connectivity index (χ2v) is 10.9. The topological polar surface area (TPSA) is 166 Å². The molecule has 3 heterocycles. The largest absolute Gasteiger partial charge is 0.394 e. The molecule has 0 saturated carbocycles. The van der Waals surface area contributed by atoms with Gasteiger partial charge in [0, 0.05) is 6.42 Å². The number of hydrogen-bond donors (Lipinski definition) is 6. The van der Waals surface area contributed by atoms with Crippen LogP contribution in [0.15, 0.2) is 61.2 Å². The third-order valence-electron chi connectivity index (χ3n) is 8.71. The zero-order valence-corrected chi connectivity index (χ0v) is 21.7. The molecule has 8 rings (SSSR count). The number of imidazole rings is 1. The number of aliphatic hydroxyl groups is 5. The van der Waals surface area contributed by atoms with Crippen LogP contribution < -0.4 is 5.32 Å². The summed E-state index contributed by atoms with van der Waals surface area (Å²) in [5, 5.41) is 62.5. The molecule has 1 aliphatic heterocycles. The van der Waals surface area contributed by atoms with Crippen LogP contribution in [-0.4, -0.2) is 76.1 Å². The van der Waals surface area contributed by atoms with E-state index < -0.39 is 42.8 Å². The molecule has 2 aromatic heterocycles. The standard InChI is InChI=1S/C30H27N5O6/c36-10-19-18(37)9-20(41-19)35-12-33-25-29(31-11-32-30(25)35)34-24-23-16-7-6-14-3-1-2-13-4-5-15(22(16)21(13)14)8-17(23)26(38)28(40)27(24)39/h1-8,11-12,18-20,24,26-28,36-40H,9-10H2,(H,31,32,34)/t18-,19+,20+,24-,26-,27-,28+/m0/s1. The number of anilines is 1. The molecule has 0 spiro atoms. The summed E-state index contributed by atoms with van der Waals surface area (Å²) >= 11 is 0. The summed E-state index contributed by atoms with van der Waals surface area (Å²) in [4.78, 5) is 13.3. The Bertz CT molecular complexity index is 1930. The average Bonchev–Trinajstić information content (AvgIpc) is 3.60. The highest BCUT2D eigenvalue weighted by molar-refractivity contribution is 6.24. The molecule has 6 aromatic rings. The molecule has 208 valence electrons. The highest BCUT2D eigenvalue weighted by Gasteiger charge is 2.43. The van der Waals surface area contributed by atoms with Gasteiger partial charge in [0.2, 0.25) is 0 Å². The molecule has 0 unspecified atom stereocenters. The van der Waals surface area contributed by atoms with Crippen LogP contribution >= 0.6 is 0 Å². The van der Waals surface area contributed by atoms with Gasteiger partial charge in [-0.1, -0.05) is 42.5 Å². The Morgan fingerprint density at radius 1 is 0.902 bits per heavy atom. The van der Waals surface area contributed by atoms with Gasteiger partial charge in [0.1, 0.15) is 37.0 Å². The van der Waals surface area contributed by atoms with Crippen molar-refractivity contribution in [2.75, 3.05) is 11.9 Å². The van der Waals surface area contributed by atoms with Crippen molar-refractivity contribution < 1.29 is 30.3 Å². The molecular formula is C30H27N5O6. The molecule has 11 nitrogen and oxygen atoms in total. The summed E-state index contributed by atoms with van der Waals surface area (Å²) in [6, 6.07) is 15.3. The Morgan fingerprint density at radius 2 is 1.68 bits per heavy atom. The zero-order chi connectivity index (χ0) is 28.0. The van der Waals surface area contributed by atoms with Gasteiger partial charge >= 0.3 is 0 Å². The number of nitrogens with zero attached hydrogens (tertiary/aromatic N) is 4. The minimum Gasteiger partial charge on any atom is -0.394 e. The van der Waals surface area contributed by atoms with E-state index in [0.29, 0.717) is 28.1 Å². The van der Waals surface area contributed by atoms with Crippen LogP contribution in [0.2, 0.25) is 0 Å². The van der Waals surface area contributed by atoms with E-state index in [1.165, 1.54) is 6.33 Å². The SMILES string of the molecule is OC[C@H]1O[C@@H](n2cnc3c(N[C@H]4c5c(cc6ccc7cccc8ccc5c6c78)[C@H](O)[C@@H](O)[C@H]4O)ncnc32)C[C@@H]1O. The number of ether oxygens (including phenoxy) is 1. The average molecular weight is 554 g/mol. The Hall–Kier alpha value is -3.97. The predicted molar refractivity (Wildman–Crippen MR) is 150 cm³/mol. The van der Waals surface area contributed by atoms with Crippen LogP contribution in [0.25, 0.3) is 43.5 Å². The number of aliphatic hydroxyl groups excluding tert-OH is 5. The molecule has 0 amide bonds. The lowest BCUT2D eigenvalue weighted by Crippen LogP contribution is -2.44. The molecule has 6 N–H and O–H groups in total. The Balaban J connectivity index is 1.28. The van der Waals surface area contributed by atoms with Crippen LogP contribution in [0.1, 0.15) is 35.9 Å². The molecule has 7 atom stereocenters. The van der Waals surface area contributed by atoms with E-state index in [2.05, 4.69) is 38.5 Å². The van der Waals surface area contributed by atoms with Crippen molar-refractivity contribution >= 4 is 49.3 Å². The number of fused-ring (bicyclic) bond motifs is 3. The fraction of sp³-hybridized carbons (Fsp3) is 0.300. The van der Waals surface area contributed by atoms with Crippen LogP contribution in [0.4, 0.5) is 5.82 Å². The predicted octanol–water partition coefficient (Wildman–Crippen LogP) is 2.29. The second-order valence-electron chi connectivity index (χ2n) is 10.9. The van der Waals surface area contributed by atoms with Crippen molar-refractivity contribution in [2.45, 2.75) is 49.2 Å². The summed E-state index contributed by atoms with van der Waals surface area (Å²) in [6.07, 6.45) is -3.00. The van der Waals surface area contributed by atoms with Crippen LogP contribution in [0.5, 0.6) is 0 Å². The highest BCUT2D eigenvalue weighted by Crippen LogP contribution is 2.46. The fourth-order valence-corrected chi connectivity index (χ4v) is 6.71. The first kappa shape index (κ1) is 24.8. The summed E-state index contributed by atoms with van der Waals surface area (Å²) in [7, 11) is 0. The maximum Gasteiger partial charge on any atom is 0.167 e. The molecule has 11 heteroatoms. The van der Waals surface area contributed by atoms with Gasteiger partial charge in [-0.05, 0) is 49.5 Å². The molecule has 4 aromatic carbocycles. The first-order valence-corrected chi connectivity index (χ1v) is 13.6. The molecule has 1 saturated heterocycles. The third kappa shape index (κ3) is 3.51. The maximum atomic E-state index is 11.3. The number of rotatable bonds is 4. The molecule has 1 aliphatic carbocycles. The van der Waals surface area contributed by atoms with E-state index in [0.717, 1.165) is 32.3 Å². The van der Waals surface area contributed by atoms with Crippen molar-refractivity contribution in [3.8, 4) is 0 Å². The van der Waals surface area contributed by atoms with Crippen LogP contribution in [-0.2, 0) is 4.74 Å². The minimum absolute atomic E-state index is 0.265. The van der Waals surface area contributed by atoms with Gasteiger partial charge in [-0.2, -0.15) is 0 Å². The van der Waals surface area contributed by atoms with Crippen molar-refractivity contribution in [1.82, 2.24) is 19.5 Å². The lowest BCUT2D eigenvalue weighted by atomic mass is 9.77. The fourth-order valence-electron chi connectivity index (χ4n) is 6.71. The maximum absolute atomic E-state index is 11.3. The molecule has 1 fully saturated rings. The Morgan fingerprint density at radius 3 is 2.46 bits per heavy atom. The molecule has 41 heavy (non-hydrogen) atoms. The molecule has 2 aliphatic rings. The van der Waals surface area contributed by atoms with Gasteiger partial charge < -0.3 is 35.6 Å². The van der Waals surface area contributed by atoms with E-state index in [1.54, 1.807) is 10.9 Å². The Kier molecular flexibility index (Phi) is 5.45. The highest BCUT2D eigenvalue weighted by atomic mass is 16.5. The van der Waals surface area contributed by atoms with Gasteiger partial charge in [-0.3, -0.25) is 4.57 Å². The zero-order valence-electron chi connectivity index (χ0n) is 21.7. The van der Waals surface area contributed by atoms with E-state index in [4.69, 9.17) is 4.74 Å². The summed E-state index contributed by atoms with van der Waals surface area (Å²) < 4.78 is 7.48. The van der Waals surface area contributed by atoms with Crippen LogP contribution in [0, 0.1) is 0 Å². The van der Waals surface area contributed by atoms with Crippen molar-refractivity contribution in [3.05, 3.63) is 72.3 Å². The van der Waals surface area contributed by atoms with Gasteiger partial charge in [0.25, 0.3) is 0 Å². The van der Waals surface area contributed by atoms with Crippen molar-refractivity contribution in [1.29, 1.82) is 0 Å². The lowest BCUT2D eigenvalue weighted by molar-refractivity contribution is -0.0766. The summed E-state index contributed by atoms with van der Waals surface area (Å²) in [6.45, 7) is -0.304. The van der Waals surface area contributed by atoms with E-state index in [9.17, 15) is 25.5 Å². The Labute approximate surface area is 232 Å². The normalized spacial score (nSPS) is 28.3. The smallest absolute Gasteiger partial charge is 0.167 e. The van der Waals surface area contributed by atoms with E-state index in [1.807, 2.05) is 30.3 Å². The van der Waals surface area contributed by atoms with E-state index in [-0.39, 0.29) is 13.0 Å². The van der Waals surface area contributed by atoms with Gasteiger partial charge in [0.05, 0.1) is 25.1 Å². The summed E-state index contributed by atoms with van der Waals surface area (Å²) in [5.41, 5.74) is 2.07. The first-order chi connectivity index (χ1) is 19.9. The molecule has 0 bridgehead atoms. The first-order valence-electron chi connectivity index (χ1n) is 13.6. The van der Waals surface area contributed by atoms with Gasteiger partial charge in [-0.15, -0.1) is 0 Å². The monoisotopic (exact) mass is 553 g/mol. The number of benzene rings is 4. The van der Waals surface area contributed by atoms with Gasteiger partial charge in [-0.25, -0.2) is 15.0 Å². The second kappa shape index (κ2) is 9.02. The molecular weight excluding hydrogens is 526 g/mol. The lowest BCUT2D eigenvalue weighted by Gasteiger charge is -2.39. The number of aromatic nitrogens is 4. The quantitative estimate of drug-likeness (QED) is 0.178. The minimum atomic E-state index is -1.44. The van der Waals surface area contributed by atoms with Crippen molar-refractivity contribution in [2.24, 2.45) is 0 Å². The molecule has 0 radical (unpaired) electrons. The van der Waals surface area contributed by atoms with Crippen molar-refractivity contribution in [3.63, 3.8) is 0 Å². The number of hydrogen-bond acceptors (Lipinski definition) is 10. The number of nitrogens with one attached hydrogen (secondary N) is 1. The summed E-state index contributed by atoms with van der Waals surface area (Å²) in [5.74, 6) is 0.329. The van der Waals surface area contributed by atoms with Gasteiger partial charge in [0.15, 0.2) is 17.0 Å². The van der Waals surface area contributed by atoms with E-state index >= 15 is 0 Å².